The maximum atomic E-state index is 13.7. The lowest BCUT2D eigenvalue weighted by Crippen LogP contribution is -2.39. The number of carbonyl (C=O) groups excluding carboxylic acids is 2. The van der Waals surface area contributed by atoms with Gasteiger partial charge in [0.25, 0.3) is 5.91 Å². The molecule has 0 aromatic heterocycles. The molecule has 1 atom stereocenters. The van der Waals surface area contributed by atoms with Crippen LogP contribution < -0.4 is 15.4 Å². The van der Waals surface area contributed by atoms with E-state index < -0.39 is 23.6 Å². The summed E-state index contributed by atoms with van der Waals surface area (Å²) >= 11 is 6.13. The van der Waals surface area contributed by atoms with Crippen molar-refractivity contribution in [3.63, 3.8) is 0 Å². The van der Waals surface area contributed by atoms with Gasteiger partial charge in [-0.25, -0.2) is 0 Å². The second-order valence-electron chi connectivity index (χ2n) is 9.82. The number of methoxy groups -OCH3 is 1. The number of rotatable bonds is 4. The van der Waals surface area contributed by atoms with Gasteiger partial charge in [0, 0.05) is 34.5 Å². The molecule has 0 saturated heterocycles. The molecule has 2 N–H and O–H groups in total. The summed E-state index contributed by atoms with van der Waals surface area (Å²) in [4.78, 5) is 27.1. The molecule has 0 unspecified atom stereocenters. The molecule has 1 aliphatic carbocycles. The minimum atomic E-state index is -4.60. The lowest BCUT2D eigenvalue weighted by atomic mass is 9.68. The molecule has 190 valence electrons. The lowest BCUT2D eigenvalue weighted by molar-refractivity contribution is -0.137. The molecule has 2 aliphatic rings. The van der Waals surface area contributed by atoms with Gasteiger partial charge in [0.1, 0.15) is 5.75 Å². The summed E-state index contributed by atoms with van der Waals surface area (Å²) in [6.07, 6.45) is -3.70. The number of hydrogen-bond donors (Lipinski definition) is 2. The third kappa shape index (κ3) is 4.87. The zero-order chi connectivity index (χ0) is 26.4. The molecule has 0 saturated carbocycles. The summed E-state index contributed by atoms with van der Waals surface area (Å²) in [7, 11) is 1.50. The van der Waals surface area contributed by atoms with Gasteiger partial charge in [-0.3, -0.25) is 9.59 Å². The van der Waals surface area contributed by atoms with Gasteiger partial charge in [-0.2, -0.15) is 13.2 Å². The number of para-hydroxylation sites is 1. The number of benzene rings is 2. The summed E-state index contributed by atoms with van der Waals surface area (Å²) in [6.45, 7) is 5.72. The minimum absolute atomic E-state index is 0.0392. The Morgan fingerprint density at radius 2 is 1.86 bits per heavy atom. The van der Waals surface area contributed by atoms with E-state index in [2.05, 4.69) is 10.6 Å². The number of amides is 1. The van der Waals surface area contributed by atoms with E-state index in [-0.39, 0.29) is 27.5 Å². The summed E-state index contributed by atoms with van der Waals surface area (Å²) in [5, 5.41) is 5.74. The zero-order valence-corrected chi connectivity index (χ0v) is 21.0. The Bertz CT molecular complexity index is 1310. The highest BCUT2D eigenvalue weighted by Crippen LogP contribution is 2.48. The third-order valence-electron chi connectivity index (χ3n) is 6.48. The van der Waals surface area contributed by atoms with E-state index in [1.54, 1.807) is 31.2 Å². The van der Waals surface area contributed by atoms with Crippen LogP contribution in [0.2, 0.25) is 5.02 Å². The number of alkyl halides is 3. The third-order valence-corrected chi connectivity index (χ3v) is 6.81. The number of ether oxygens (including phenoxy) is 1. The Kier molecular flexibility index (Phi) is 6.68. The Morgan fingerprint density at radius 3 is 2.53 bits per heavy atom. The molecule has 0 radical (unpaired) electrons. The van der Waals surface area contributed by atoms with Gasteiger partial charge < -0.3 is 15.4 Å². The predicted octanol–water partition coefficient (Wildman–Crippen LogP) is 6.61. The van der Waals surface area contributed by atoms with Crippen molar-refractivity contribution in [2.75, 3.05) is 12.4 Å². The lowest BCUT2D eigenvalue weighted by Gasteiger charge is -2.40. The monoisotopic (exact) mass is 518 g/mol. The Hall–Kier alpha value is -3.26. The first-order chi connectivity index (χ1) is 16.8. The van der Waals surface area contributed by atoms with Crippen LogP contribution in [0.1, 0.15) is 50.7 Å². The molecular weight excluding hydrogens is 493 g/mol. The number of carbonyl (C=O) groups is 2. The van der Waals surface area contributed by atoms with Crippen molar-refractivity contribution in [1.82, 2.24) is 5.32 Å². The van der Waals surface area contributed by atoms with Crippen LogP contribution in [0.3, 0.4) is 0 Å². The molecular formula is C27H26ClF3N2O3. The maximum Gasteiger partial charge on any atom is 0.416 e. The van der Waals surface area contributed by atoms with E-state index in [1.807, 2.05) is 13.8 Å². The molecule has 36 heavy (non-hydrogen) atoms. The standard InChI is InChI=1S/C27H26ClF3N2O3/c1-14-22(25(35)33-18-11-15(27(29,30)31)9-10-17(18)28)23(16-7-5-6-8-21(16)36-4)24-19(32-14)12-26(2,3)13-20(24)34/h5-11,23,32H,12-13H2,1-4H3,(H,33,35)/t23-/m1/s1. The Morgan fingerprint density at radius 1 is 1.17 bits per heavy atom. The van der Waals surface area contributed by atoms with E-state index in [9.17, 15) is 22.8 Å². The van der Waals surface area contributed by atoms with E-state index >= 15 is 0 Å². The number of nitrogens with one attached hydrogen (secondary N) is 2. The van der Waals surface area contributed by atoms with Crippen LogP contribution in [-0.4, -0.2) is 18.8 Å². The molecule has 4 rings (SSSR count). The fourth-order valence-corrected chi connectivity index (χ4v) is 5.10. The van der Waals surface area contributed by atoms with Crippen LogP contribution in [0.15, 0.2) is 65.0 Å². The van der Waals surface area contributed by atoms with E-state index in [1.165, 1.54) is 7.11 Å². The average molecular weight is 519 g/mol. The largest absolute Gasteiger partial charge is 0.496 e. The van der Waals surface area contributed by atoms with Crippen LogP contribution in [0.4, 0.5) is 18.9 Å². The topological polar surface area (TPSA) is 67.4 Å². The van der Waals surface area contributed by atoms with E-state index in [0.717, 1.165) is 23.9 Å². The number of Topliss-reactive ketones (excluding diaryl/α,β-unsaturated/α-hetero) is 1. The molecule has 2 aromatic carbocycles. The number of dihydropyridines is 1. The maximum absolute atomic E-state index is 13.7. The van der Waals surface area contributed by atoms with Crippen molar-refractivity contribution in [2.45, 2.75) is 45.7 Å². The highest BCUT2D eigenvalue weighted by Gasteiger charge is 2.43. The fraction of sp³-hybridized carbons (Fsp3) is 0.333. The average Bonchev–Trinajstić information content (AvgIpc) is 2.77. The Balaban J connectivity index is 1.83. The van der Waals surface area contributed by atoms with Gasteiger partial charge in [-0.15, -0.1) is 0 Å². The summed E-state index contributed by atoms with van der Waals surface area (Å²) in [5.41, 5.74) is 1.14. The van der Waals surface area contributed by atoms with Crippen molar-refractivity contribution in [3.8, 4) is 5.75 Å². The quantitative estimate of drug-likeness (QED) is 0.478. The SMILES string of the molecule is COc1ccccc1[C@@H]1C(C(=O)Nc2cc(C(F)(F)F)ccc2Cl)=C(C)NC2=C1C(=O)CC(C)(C)C2. The molecule has 0 bridgehead atoms. The van der Waals surface area contributed by atoms with Crippen LogP contribution in [0.25, 0.3) is 0 Å². The minimum Gasteiger partial charge on any atom is -0.496 e. The molecule has 0 fully saturated rings. The van der Waals surface area contributed by atoms with Gasteiger partial charge in [-0.05, 0) is 43.0 Å². The Labute approximate surface area is 212 Å². The molecule has 1 amide bonds. The first-order valence-electron chi connectivity index (χ1n) is 11.4. The summed E-state index contributed by atoms with van der Waals surface area (Å²) in [5.74, 6) is -1.05. The van der Waals surface area contributed by atoms with Crippen molar-refractivity contribution < 1.29 is 27.5 Å². The number of halogens is 4. The predicted molar refractivity (Wildman–Crippen MR) is 132 cm³/mol. The second-order valence-corrected chi connectivity index (χ2v) is 10.2. The first kappa shape index (κ1) is 25.8. The summed E-state index contributed by atoms with van der Waals surface area (Å²) in [6, 6.07) is 9.82. The molecule has 0 spiro atoms. The van der Waals surface area contributed by atoms with Crippen molar-refractivity contribution in [3.05, 3.63) is 81.2 Å². The van der Waals surface area contributed by atoms with Crippen LogP contribution in [-0.2, 0) is 15.8 Å². The summed E-state index contributed by atoms with van der Waals surface area (Å²) < 4.78 is 45.4. The van der Waals surface area contributed by atoms with Gasteiger partial charge in [0.2, 0.25) is 0 Å². The van der Waals surface area contributed by atoms with Gasteiger partial charge in [0.05, 0.1) is 29.3 Å². The molecule has 2 aromatic rings. The van der Waals surface area contributed by atoms with Crippen molar-refractivity contribution in [2.24, 2.45) is 5.41 Å². The number of allylic oxidation sites excluding steroid dienone is 3. The van der Waals surface area contributed by atoms with Crippen molar-refractivity contribution >= 4 is 29.0 Å². The normalized spacial score (nSPS) is 19.6. The van der Waals surface area contributed by atoms with Gasteiger partial charge in [0.15, 0.2) is 5.78 Å². The van der Waals surface area contributed by atoms with E-state index in [0.29, 0.717) is 35.4 Å². The number of ketones is 1. The highest BCUT2D eigenvalue weighted by atomic mass is 35.5. The van der Waals surface area contributed by atoms with Gasteiger partial charge >= 0.3 is 6.18 Å². The smallest absolute Gasteiger partial charge is 0.416 e. The van der Waals surface area contributed by atoms with E-state index in [4.69, 9.17) is 16.3 Å². The highest BCUT2D eigenvalue weighted by molar-refractivity contribution is 6.34. The molecule has 1 heterocycles. The number of anilines is 1. The first-order valence-corrected chi connectivity index (χ1v) is 11.8. The van der Waals surface area contributed by atoms with Crippen LogP contribution >= 0.6 is 11.6 Å². The van der Waals surface area contributed by atoms with Crippen LogP contribution in [0, 0.1) is 5.41 Å². The number of hydrogen-bond acceptors (Lipinski definition) is 4. The second kappa shape index (κ2) is 9.32. The molecule has 9 heteroatoms. The fourth-order valence-electron chi connectivity index (χ4n) is 4.94. The molecule has 5 nitrogen and oxygen atoms in total. The van der Waals surface area contributed by atoms with Crippen molar-refractivity contribution in [1.29, 1.82) is 0 Å². The van der Waals surface area contributed by atoms with Gasteiger partial charge in [-0.1, -0.05) is 43.6 Å². The zero-order valence-electron chi connectivity index (χ0n) is 20.3. The molecule has 1 aliphatic heterocycles. The van der Waals surface area contributed by atoms with Crippen LogP contribution in [0.5, 0.6) is 5.75 Å².